The van der Waals surface area contributed by atoms with Crippen LogP contribution in [0.4, 0.5) is 0 Å². The lowest BCUT2D eigenvalue weighted by Crippen LogP contribution is -1.96. The fourth-order valence-corrected chi connectivity index (χ4v) is 4.18. The Bertz CT molecular complexity index is 1180. The molecule has 0 saturated heterocycles. The van der Waals surface area contributed by atoms with Crippen LogP contribution in [-0.2, 0) is 9.84 Å². The van der Waals surface area contributed by atoms with Gasteiger partial charge in [0.05, 0.1) is 4.90 Å². The van der Waals surface area contributed by atoms with E-state index in [9.17, 15) is 8.42 Å². The highest BCUT2D eigenvalue weighted by molar-refractivity contribution is 7.94. The first-order valence-electron chi connectivity index (χ1n) is 8.45. The molecule has 0 aromatic heterocycles. The summed E-state index contributed by atoms with van der Waals surface area (Å²) in [6.07, 6.45) is 1.72. The van der Waals surface area contributed by atoms with Gasteiger partial charge in [-0.2, -0.15) is 0 Å². The van der Waals surface area contributed by atoms with E-state index >= 15 is 0 Å². The zero-order valence-electron chi connectivity index (χ0n) is 14.4. The lowest BCUT2D eigenvalue weighted by molar-refractivity contribution is 0.605. The van der Waals surface area contributed by atoms with Crippen molar-refractivity contribution in [2.24, 2.45) is 0 Å². The second kappa shape index (κ2) is 6.43. The third-order valence-electron chi connectivity index (χ3n) is 4.58. The largest absolute Gasteiger partial charge is 0.219 e. The first kappa shape index (κ1) is 16.6. The highest BCUT2D eigenvalue weighted by Crippen LogP contribution is 2.30. The van der Waals surface area contributed by atoms with Crippen molar-refractivity contribution >= 4 is 37.5 Å². The minimum atomic E-state index is -3.49. The summed E-state index contributed by atoms with van der Waals surface area (Å²) in [6.45, 7) is 1.94. The molecule has 0 amide bonds. The molecule has 0 unspecified atom stereocenters. The number of rotatable bonds is 3. The molecule has 0 heterocycles. The van der Waals surface area contributed by atoms with Crippen LogP contribution in [-0.4, -0.2) is 8.42 Å². The number of hydrogen-bond donors (Lipinski definition) is 0. The van der Waals surface area contributed by atoms with Gasteiger partial charge in [-0.1, -0.05) is 66.2 Å². The van der Waals surface area contributed by atoms with Crippen molar-refractivity contribution in [2.45, 2.75) is 11.8 Å². The van der Waals surface area contributed by atoms with Gasteiger partial charge in [-0.25, -0.2) is 8.42 Å². The van der Waals surface area contributed by atoms with Crippen LogP contribution < -0.4 is 0 Å². The third-order valence-corrected chi connectivity index (χ3v) is 6.00. The lowest BCUT2D eigenvalue weighted by Gasteiger charge is -2.08. The van der Waals surface area contributed by atoms with Crippen LogP contribution in [0.25, 0.3) is 27.6 Å². The molecular formula is C23H18O2S. The first-order valence-corrected chi connectivity index (χ1v) is 9.99. The Morgan fingerprint density at radius 2 is 1.27 bits per heavy atom. The SMILES string of the molecule is Cc1ccc(S(=O)(=O)/C=C/c2c3ccccc3cc3ccccc23)cc1. The predicted molar refractivity (Wildman–Crippen MR) is 109 cm³/mol. The van der Waals surface area contributed by atoms with Gasteiger partial charge in [-0.05, 0) is 58.3 Å². The quantitative estimate of drug-likeness (QED) is 0.437. The van der Waals surface area contributed by atoms with Gasteiger partial charge in [0.25, 0.3) is 0 Å². The molecule has 0 atom stereocenters. The first-order chi connectivity index (χ1) is 12.5. The third kappa shape index (κ3) is 3.02. The highest BCUT2D eigenvalue weighted by Gasteiger charge is 2.11. The van der Waals surface area contributed by atoms with Crippen molar-refractivity contribution in [1.82, 2.24) is 0 Å². The summed E-state index contributed by atoms with van der Waals surface area (Å²) in [5.74, 6) is 0. The van der Waals surface area contributed by atoms with E-state index in [0.29, 0.717) is 4.90 Å². The van der Waals surface area contributed by atoms with Gasteiger partial charge in [0.1, 0.15) is 0 Å². The van der Waals surface area contributed by atoms with E-state index in [0.717, 1.165) is 32.7 Å². The van der Waals surface area contributed by atoms with E-state index in [1.165, 1.54) is 5.41 Å². The molecule has 3 heteroatoms. The van der Waals surface area contributed by atoms with Crippen molar-refractivity contribution in [3.05, 3.63) is 95.4 Å². The molecule has 0 bridgehead atoms. The average Bonchev–Trinajstić information content (AvgIpc) is 2.65. The van der Waals surface area contributed by atoms with Crippen molar-refractivity contribution in [3.63, 3.8) is 0 Å². The summed E-state index contributed by atoms with van der Waals surface area (Å²) in [5, 5.41) is 5.59. The Morgan fingerprint density at radius 3 is 1.85 bits per heavy atom. The summed E-state index contributed by atoms with van der Waals surface area (Å²) >= 11 is 0. The van der Waals surface area contributed by atoms with Crippen LogP contribution in [0, 0.1) is 6.92 Å². The highest BCUT2D eigenvalue weighted by atomic mass is 32.2. The zero-order chi connectivity index (χ0) is 18.1. The zero-order valence-corrected chi connectivity index (χ0v) is 15.2. The summed E-state index contributed by atoms with van der Waals surface area (Å²) in [5.41, 5.74) is 1.96. The van der Waals surface area contributed by atoms with E-state index in [4.69, 9.17) is 0 Å². The molecule has 0 N–H and O–H groups in total. The minimum absolute atomic E-state index is 0.309. The van der Waals surface area contributed by atoms with Crippen molar-refractivity contribution < 1.29 is 8.42 Å². The molecule has 0 saturated carbocycles. The number of benzene rings is 4. The maximum atomic E-state index is 12.7. The molecule has 2 nitrogen and oxygen atoms in total. The second-order valence-electron chi connectivity index (χ2n) is 6.39. The maximum Gasteiger partial charge on any atom is 0.199 e. The van der Waals surface area contributed by atoms with Crippen molar-refractivity contribution in [2.75, 3.05) is 0 Å². The Kier molecular flexibility index (Phi) is 4.09. The maximum absolute atomic E-state index is 12.7. The molecule has 0 spiro atoms. The molecule has 0 aliphatic carbocycles. The topological polar surface area (TPSA) is 34.1 Å². The smallest absolute Gasteiger partial charge is 0.199 e. The number of aryl methyl sites for hydroxylation is 1. The molecule has 4 aromatic rings. The fourth-order valence-electron chi connectivity index (χ4n) is 3.19. The molecule has 26 heavy (non-hydrogen) atoms. The minimum Gasteiger partial charge on any atom is -0.219 e. The average molecular weight is 358 g/mol. The van der Waals surface area contributed by atoms with E-state index in [-0.39, 0.29) is 0 Å². The Hall–Kier alpha value is -2.91. The molecule has 4 rings (SSSR count). The Labute approximate surface area is 153 Å². The monoisotopic (exact) mass is 358 g/mol. The molecule has 0 radical (unpaired) electrons. The van der Waals surface area contributed by atoms with Crippen LogP contribution in [0.1, 0.15) is 11.1 Å². The van der Waals surface area contributed by atoms with Gasteiger partial charge >= 0.3 is 0 Å². The fraction of sp³-hybridized carbons (Fsp3) is 0.0435. The number of fused-ring (bicyclic) bond motifs is 2. The van der Waals surface area contributed by atoms with Gasteiger partial charge < -0.3 is 0 Å². The van der Waals surface area contributed by atoms with Crippen LogP contribution in [0.2, 0.25) is 0 Å². The second-order valence-corrected chi connectivity index (χ2v) is 8.23. The predicted octanol–water partition coefficient (Wildman–Crippen LogP) is 5.75. The molecule has 4 aromatic carbocycles. The van der Waals surface area contributed by atoms with Crippen molar-refractivity contribution in [3.8, 4) is 0 Å². The van der Waals surface area contributed by atoms with Crippen LogP contribution in [0.3, 0.4) is 0 Å². The molecule has 0 fully saturated rings. The summed E-state index contributed by atoms with van der Waals surface area (Å²) in [4.78, 5) is 0.309. The number of sulfone groups is 1. The lowest BCUT2D eigenvalue weighted by atomic mass is 9.97. The summed E-state index contributed by atoms with van der Waals surface area (Å²) < 4.78 is 25.4. The van der Waals surface area contributed by atoms with Gasteiger partial charge in [0, 0.05) is 5.41 Å². The van der Waals surface area contributed by atoms with Crippen LogP contribution >= 0.6 is 0 Å². The van der Waals surface area contributed by atoms with Gasteiger partial charge in [0.15, 0.2) is 9.84 Å². The summed E-state index contributed by atoms with van der Waals surface area (Å²) in [6, 6.07) is 25.2. The Balaban J connectivity index is 1.90. The van der Waals surface area contributed by atoms with E-state index in [1.807, 2.05) is 67.6 Å². The molecule has 0 aliphatic rings. The molecule has 128 valence electrons. The van der Waals surface area contributed by atoms with E-state index in [2.05, 4.69) is 6.07 Å². The van der Waals surface area contributed by atoms with E-state index < -0.39 is 9.84 Å². The normalized spacial score (nSPS) is 12.2. The molecular weight excluding hydrogens is 340 g/mol. The van der Waals surface area contributed by atoms with Gasteiger partial charge in [-0.3, -0.25) is 0 Å². The van der Waals surface area contributed by atoms with Gasteiger partial charge in [0.2, 0.25) is 0 Å². The Morgan fingerprint density at radius 1 is 0.731 bits per heavy atom. The van der Waals surface area contributed by atoms with Crippen LogP contribution in [0.5, 0.6) is 0 Å². The van der Waals surface area contributed by atoms with Crippen LogP contribution in [0.15, 0.2) is 89.2 Å². The molecule has 0 aliphatic heterocycles. The van der Waals surface area contributed by atoms with E-state index in [1.54, 1.807) is 18.2 Å². The number of hydrogen-bond acceptors (Lipinski definition) is 2. The van der Waals surface area contributed by atoms with Crippen molar-refractivity contribution in [1.29, 1.82) is 0 Å². The standard InChI is InChI=1S/C23H18O2S/c1-17-10-12-20(13-11-17)26(24,25)15-14-23-21-8-4-2-6-18(21)16-19-7-3-5-9-22(19)23/h2-16H,1H3/b15-14+. The van der Waals surface area contributed by atoms with Gasteiger partial charge in [-0.15, -0.1) is 0 Å². The summed E-state index contributed by atoms with van der Waals surface area (Å²) in [7, 11) is -3.49.